The first-order valence-electron chi connectivity index (χ1n) is 7.18. The van der Waals surface area contributed by atoms with Crippen LogP contribution in [0.4, 0.5) is 5.69 Å². The molecule has 1 amide bonds. The molecule has 0 aliphatic heterocycles. The van der Waals surface area contributed by atoms with Crippen LogP contribution in [0.5, 0.6) is 5.75 Å². The molecule has 0 heterocycles. The van der Waals surface area contributed by atoms with E-state index < -0.39 is 0 Å². The summed E-state index contributed by atoms with van der Waals surface area (Å²) in [5.74, 6) is 0.752. The first-order chi connectivity index (χ1) is 10.1. The Morgan fingerprint density at radius 3 is 2.48 bits per heavy atom. The Bertz CT molecular complexity index is 621. The second-order valence-corrected chi connectivity index (χ2v) is 5.08. The number of amides is 1. The number of ether oxygens (including phenoxy) is 1. The Labute approximate surface area is 126 Å². The molecule has 0 spiro atoms. The van der Waals surface area contributed by atoms with Crippen molar-refractivity contribution in [3.63, 3.8) is 0 Å². The molecule has 1 N–H and O–H groups in total. The summed E-state index contributed by atoms with van der Waals surface area (Å²) < 4.78 is 5.94. The number of carbonyl (C=O) groups is 1. The second kappa shape index (κ2) is 6.93. The number of benzene rings is 2. The normalized spacial score (nSPS) is 10.2. The molecule has 0 atom stereocenters. The summed E-state index contributed by atoms with van der Waals surface area (Å²) in [5.41, 5.74) is 4.05. The van der Waals surface area contributed by atoms with Gasteiger partial charge in [0.25, 0.3) is 0 Å². The van der Waals surface area contributed by atoms with E-state index in [9.17, 15) is 4.79 Å². The van der Waals surface area contributed by atoms with E-state index in [-0.39, 0.29) is 5.91 Å². The van der Waals surface area contributed by atoms with Gasteiger partial charge in [-0.1, -0.05) is 37.3 Å². The van der Waals surface area contributed by atoms with Crippen molar-refractivity contribution in [3.05, 3.63) is 59.2 Å². The van der Waals surface area contributed by atoms with Gasteiger partial charge in [0.2, 0.25) is 5.91 Å². The lowest BCUT2D eigenvalue weighted by Crippen LogP contribution is -2.09. The molecule has 2 rings (SSSR count). The summed E-state index contributed by atoms with van der Waals surface area (Å²) in [6.07, 6.45) is 0.897. The van der Waals surface area contributed by atoms with Gasteiger partial charge in [0.1, 0.15) is 12.4 Å². The van der Waals surface area contributed by atoms with Crippen LogP contribution in [-0.4, -0.2) is 5.91 Å². The maximum atomic E-state index is 11.3. The van der Waals surface area contributed by atoms with Crippen LogP contribution in [-0.2, 0) is 17.8 Å². The summed E-state index contributed by atoms with van der Waals surface area (Å²) in [6, 6.07) is 14.1. The monoisotopic (exact) mass is 283 g/mol. The molecule has 0 saturated heterocycles. The van der Waals surface area contributed by atoms with Crippen molar-refractivity contribution < 1.29 is 9.53 Å². The third kappa shape index (κ3) is 4.09. The molecule has 0 saturated carbocycles. The predicted octanol–water partition coefficient (Wildman–Crippen LogP) is 4.09. The molecule has 0 aliphatic carbocycles. The average molecular weight is 283 g/mol. The summed E-state index contributed by atoms with van der Waals surface area (Å²) in [5, 5.41) is 2.87. The lowest BCUT2D eigenvalue weighted by atomic mass is 10.1. The van der Waals surface area contributed by atoms with E-state index in [1.165, 1.54) is 6.92 Å². The zero-order valence-corrected chi connectivity index (χ0v) is 12.8. The Morgan fingerprint density at radius 2 is 1.86 bits per heavy atom. The van der Waals surface area contributed by atoms with E-state index in [1.807, 2.05) is 49.4 Å². The Balaban J connectivity index is 2.23. The van der Waals surface area contributed by atoms with Crippen LogP contribution in [0.3, 0.4) is 0 Å². The summed E-state index contributed by atoms with van der Waals surface area (Å²) in [7, 11) is 0. The van der Waals surface area contributed by atoms with Gasteiger partial charge in [-0.3, -0.25) is 4.79 Å². The number of hydrogen-bond acceptors (Lipinski definition) is 2. The molecule has 0 fully saturated rings. The van der Waals surface area contributed by atoms with Crippen LogP contribution in [0.2, 0.25) is 0 Å². The van der Waals surface area contributed by atoms with Crippen molar-refractivity contribution in [1.29, 1.82) is 0 Å². The third-order valence-electron chi connectivity index (χ3n) is 3.38. The molecule has 3 nitrogen and oxygen atoms in total. The molecule has 0 unspecified atom stereocenters. The maximum absolute atomic E-state index is 11.3. The lowest BCUT2D eigenvalue weighted by Gasteiger charge is -2.15. The van der Waals surface area contributed by atoms with Gasteiger partial charge in [-0.15, -0.1) is 0 Å². The van der Waals surface area contributed by atoms with Crippen LogP contribution in [0.25, 0.3) is 0 Å². The SMILES string of the molecule is CCc1cc(NC(C)=O)c(C)c(OCc2ccccc2)c1. The minimum atomic E-state index is -0.0691. The third-order valence-corrected chi connectivity index (χ3v) is 3.38. The van der Waals surface area contributed by atoms with Crippen molar-refractivity contribution >= 4 is 11.6 Å². The van der Waals surface area contributed by atoms with E-state index in [0.29, 0.717) is 6.61 Å². The number of hydrogen-bond donors (Lipinski definition) is 1. The van der Waals surface area contributed by atoms with Gasteiger partial charge in [-0.25, -0.2) is 0 Å². The Hall–Kier alpha value is -2.29. The number of carbonyl (C=O) groups excluding carboxylic acids is 1. The number of anilines is 1. The van der Waals surface area contributed by atoms with Gasteiger partial charge in [0.05, 0.1) is 0 Å². The van der Waals surface area contributed by atoms with Gasteiger partial charge in [0, 0.05) is 18.2 Å². The lowest BCUT2D eigenvalue weighted by molar-refractivity contribution is -0.114. The topological polar surface area (TPSA) is 38.3 Å². The molecule has 0 aromatic heterocycles. The van der Waals surface area contributed by atoms with E-state index in [4.69, 9.17) is 4.74 Å². The highest BCUT2D eigenvalue weighted by Crippen LogP contribution is 2.29. The molecule has 0 aliphatic rings. The standard InChI is InChI=1S/C18H21NO2/c1-4-15-10-17(19-14(3)20)13(2)18(11-15)21-12-16-8-6-5-7-9-16/h5-11H,4,12H2,1-3H3,(H,19,20). The zero-order chi connectivity index (χ0) is 15.2. The van der Waals surface area contributed by atoms with Crippen LogP contribution in [0.15, 0.2) is 42.5 Å². The number of nitrogens with one attached hydrogen (secondary N) is 1. The van der Waals surface area contributed by atoms with Gasteiger partial charge < -0.3 is 10.1 Å². The van der Waals surface area contributed by atoms with E-state index >= 15 is 0 Å². The van der Waals surface area contributed by atoms with E-state index in [1.54, 1.807) is 0 Å². The van der Waals surface area contributed by atoms with Crippen molar-refractivity contribution in [1.82, 2.24) is 0 Å². The zero-order valence-electron chi connectivity index (χ0n) is 12.8. The van der Waals surface area contributed by atoms with Crippen LogP contribution >= 0.6 is 0 Å². The van der Waals surface area contributed by atoms with Crippen molar-refractivity contribution in [3.8, 4) is 5.75 Å². The molecule has 0 radical (unpaired) electrons. The van der Waals surface area contributed by atoms with Crippen LogP contribution < -0.4 is 10.1 Å². The fraction of sp³-hybridized carbons (Fsp3) is 0.278. The van der Waals surface area contributed by atoms with Crippen LogP contribution in [0.1, 0.15) is 30.5 Å². The molecular formula is C18H21NO2. The maximum Gasteiger partial charge on any atom is 0.221 e. The molecule has 2 aromatic rings. The number of rotatable bonds is 5. The molecule has 3 heteroatoms. The summed E-state index contributed by atoms with van der Waals surface area (Å²) >= 11 is 0. The van der Waals surface area contributed by atoms with Gasteiger partial charge in [-0.05, 0) is 36.6 Å². The summed E-state index contributed by atoms with van der Waals surface area (Å²) in [6.45, 7) is 6.09. The van der Waals surface area contributed by atoms with Crippen molar-refractivity contribution in [2.75, 3.05) is 5.32 Å². The quantitative estimate of drug-likeness (QED) is 0.897. The molecule has 21 heavy (non-hydrogen) atoms. The minimum Gasteiger partial charge on any atom is -0.489 e. The smallest absolute Gasteiger partial charge is 0.221 e. The summed E-state index contributed by atoms with van der Waals surface area (Å²) in [4.78, 5) is 11.3. The highest BCUT2D eigenvalue weighted by Gasteiger charge is 2.09. The Morgan fingerprint density at radius 1 is 1.14 bits per heavy atom. The van der Waals surface area contributed by atoms with E-state index in [0.717, 1.165) is 34.5 Å². The fourth-order valence-electron chi connectivity index (χ4n) is 2.15. The molecule has 2 aromatic carbocycles. The van der Waals surface area contributed by atoms with Crippen LogP contribution in [0, 0.1) is 6.92 Å². The minimum absolute atomic E-state index is 0.0691. The predicted molar refractivity (Wildman–Crippen MR) is 85.6 cm³/mol. The molecule has 110 valence electrons. The van der Waals surface area contributed by atoms with Gasteiger partial charge in [-0.2, -0.15) is 0 Å². The van der Waals surface area contributed by atoms with Crippen molar-refractivity contribution in [2.24, 2.45) is 0 Å². The largest absolute Gasteiger partial charge is 0.489 e. The number of aryl methyl sites for hydroxylation is 1. The van der Waals surface area contributed by atoms with E-state index in [2.05, 4.69) is 12.2 Å². The van der Waals surface area contributed by atoms with Gasteiger partial charge >= 0.3 is 0 Å². The first-order valence-corrected chi connectivity index (χ1v) is 7.18. The molecule has 0 bridgehead atoms. The second-order valence-electron chi connectivity index (χ2n) is 5.08. The highest BCUT2D eigenvalue weighted by atomic mass is 16.5. The van der Waals surface area contributed by atoms with Gasteiger partial charge in [0.15, 0.2) is 0 Å². The Kier molecular flexibility index (Phi) is 4.99. The highest BCUT2D eigenvalue weighted by molar-refractivity contribution is 5.90. The van der Waals surface area contributed by atoms with Crippen molar-refractivity contribution in [2.45, 2.75) is 33.8 Å². The average Bonchev–Trinajstić information content (AvgIpc) is 2.48. The fourth-order valence-corrected chi connectivity index (χ4v) is 2.15. The first kappa shape index (κ1) is 15.1. The molecular weight excluding hydrogens is 262 g/mol.